The lowest BCUT2D eigenvalue weighted by molar-refractivity contribution is -0.134. The first-order valence-corrected chi connectivity index (χ1v) is 7.47. The van der Waals surface area contributed by atoms with E-state index < -0.39 is 0 Å². The number of hydrogen-bond donors (Lipinski definition) is 0. The van der Waals surface area contributed by atoms with Crippen LogP contribution < -0.4 is 4.74 Å². The third-order valence-electron chi connectivity index (χ3n) is 3.47. The summed E-state index contributed by atoms with van der Waals surface area (Å²) in [6.07, 6.45) is 1.84. The molecule has 0 N–H and O–H groups in total. The van der Waals surface area contributed by atoms with Crippen LogP contribution >= 0.6 is 0 Å². The van der Waals surface area contributed by atoms with E-state index in [1.54, 1.807) is 23.3 Å². The highest BCUT2D eigenvalue weighted by Gasteiger charge is 2.16. The van der Waals surface area contributed by atoms with E-state index >= 15 is 0 Å². The van der Waals surface area contributed by atoms with Gasteiger partial charge in [-0.25, -0.2) is 0 Å². The van der Waals surface area contributed by atoms with Crippen molar-refractivity contribution in [3.05, 3.63) is 53.5 Å². The zero-order valence-corrected chi connectivity index (χ0v) is 13.4. The molecule has 0 spiro atoms. The van der Waals surface area contributed by atoms with E-state index in [0.29, 0.717) is 24.6 Å². The van der Waals surface area contributed by atoms with Crippen molar-refractivity contribution in [2.75, 3.05) is 13.2 Å². The lowest BCUT2D eigenvalue weighted by Crippen LogP contribution is -2.35. The fraction of sp³-hybridized carbons (Fsp3) is 0.333. The molecular weight excluding hydrogens is 292 g/mol. The first-order chi connectivity index (χ1) is 11.1. The monoisotopic (exact) mass is 312 g/mol. The SMILES string of the molecule is Cc1ccc(C)c(OCC(=O)N(CCC#N)Cc2ccco2)c1. The number of rotatable bonds is 7. The molecule has 0 fully saturated rings. The van der Waals surface area contributed by atoms with E-state index in [1.165, 1.54) is 0 Å². The maximum atomic E-state index is 12.4. The van der Waals surface area contributed by atoms with Gasteiger partial charge in [-0.3, -0.25) is 4.79 Å². The molecule has 0 unspecified atom stereocenters. The molecule has 0 aliphatic carbocycles. The van der Waals surface area contributed by atoms with Gasteiger partial charge in [0.1, 0.15) is 11.5 Å². The van der Waals surface area contributed by atoms with E-state index in [0.717, 1.165) is 11.1 Å². The summed E-state index contributed by atoms with van der Waals surface area (Å²) in [6.45, 7) is 4.55. The number of furan rings is 1. The van der Waals surface area contributed by atoms with Crippen LogP contribution in [0.3, 0.4) is 0 Å². The number of carbonyl (C=O) groups is 1. The van der Waals surface area contributed by atoms with Gasteiger partial charge in [0.15, 0.2) is 6.61 Å². The maximum absolute atomic E-state index is 12.4. The Morgan fingerprint density at radius 3 is 2.87 bits per heavy atom. The van der Waals surface area contributed by atoms with Crippen LogP contribution in [0.15, 0.2) is 41.0 Å². The first-order valence-electron chi connectivity index (χ1n) is 7.47. The number of amides is 1. The minimum absolute atomic E-state index is 0.0591. The van der Waals surface area contributed by atoms with Gasteiger partial charge in [-0.2, -0.15) is 5.26 Å². The molecule has 5 nitrogen and oxygen atoms in total. The summed E-state index contributed by atoms with van der Waals surface area (Å²) in [5.41, 5.74) is 2.06. The highest BCUT2D eigenvalue weighted by Crippen LogP contribution is 2.19. The molecule has 2 aromatic rings. The van der Waals surface area contributed by atoms with Crippen molar-refractivity contribution in [1.82, 2.24) is 4.90 Å². The second-order valence-corrected chi connectivity index (χ2v) is 5.36. The summed E-state index contributed by atoms with van der Waals surface area (Å²) in [5.74, 6) is 1.22. The van der Waals surface area contributed by atoms with E-state index in [2.05, 4.69) is 6.07 Å². The number of benzene rings is 1. The van der Waals surface area contributed by atoms with Gasteiger partial charge < -0.3 is 14.1 Å². The van der Waals surface area contributed by atoms with Gasteiger partial charge in [0.05, 0.1) is 25.3 Å². The highest BCUT2D eigenvalue weighted by molar-refractivity contribution is 5.77. The molecule has 0 radical (unpaired) electrons. The maximum Gasteiger partial charge on any atom is 0.260 e. The van der Waals surface area contributed by atoms with Gasteiger partial charge in [-0.05, 0) is 43.2 Å². The van der Waals surface area contributed by atoms with Crippen LogP contribution in [0.5, 0.6) is 5.75 Å². The average Bonchev–Trinajstić information content (AvgIpc) is 3.05. The number of ether oxygens (including phenoxy) is 1. The number of aryl methyl sites for hydroxylation is 2. The van der Waals surface area contributed by atoms with Crippen molar-refractivity contribution in [3.63, 3.8) is 0 Å². The van der Waals surface area contributed by atoms with Crippen molar-refractivity contribution < 1.29 is 13.9 Å². The summed E-state index contributed by atoms with van der Waals surface area (Å²) in [4.78, 5) is 14.0. The Bertz CT molecular complexity index is 687. The molecule has 2 rings (SSSR count). The Morgan fingerprint density at radius 2 is 2.17 bits per heavy atom. The predicted octanol–water partition coefficient (Wildman–Crippen LogP) is 3.22. The number of carbonyl (C=O) groups excluding carboxylic acids is 1. The molecule has 1 aromatic heterocycles. The number of nitrogens with zero attached hydrogens (tertiary/aromatic N) is 2. The van der Waals surface area contributed by atoms with Crippen molar-refractivity contribution in [2.24, 2.45) is 0 Å². The molecule has 0 bridgehead atoms. The molecule has 23 heavy (non-hydrogen) atoms. The lowest BCUT2D eigenvalue weighted by Gasteiger charge is -2.21. The summed E-state index contributed by atoms with van der Waals surface area (Å²) >= 11 is 0. The van der Waals surface area contributed by atoms with Gasteiger partial charge in [0.2, 0.25) is 0 Å². The summed E-state index contributed by atoms with van der Waals surface area (Å²) in [5, 5.41) is 8.76. The minimum Gasteiger partial charge on any atom is -0.483 e. The van der Waals surface area contributed by atoms with Gasteiger partial charge in [-0.15, -0.1) is 0 Å². The van der Waals surface area contributed by atoms with Gasteiger partial charge in [0, 0.05) is 6.54 Å². The van der Waals surface area contributed by atoms with Gasteiger partial charge >= 0.3 is 0 Å². The Balaban J connectivity index is 1.99. The Hall–Kier alpha value is -2.74. The van der Waals surface area contributed by atoms with Crippen LogP contribution in [0.4, 0.5) is 0 Å². The fourth-order valence-corrected chi connectivity index (χ4v) is 2.16. The van der Waals surface area contributed by atoms with Crippen LogP contribution in [0, 0.1) is 25.2 Å². The van der Waals surface area contributed by atoms with E-state index in [9.17, 15) is 4.79 Å². The second-order valence-electron chi connectivity index (χ2n) is 5.36. The molecule has 0 saturated carbocycles. The molecule has 5 heteroatoms. The van der Waals surface area contributed by atoms with E-state index in [1.807, 2.05) is 32.0 Å². The van der Waals surface area contributed by atoms with Crippen molar-refractivity contribution in [3.8, 4) is 11.8 Å². The molecule has 1 heterocycles. The van der Waals surface area contributed by atoms with Crippen LogP contribution in [-0.4, -0.2) is 24.0 Å². The Labute approximate surface area is 136 Å². The van der Waals surface area contributed by atoms with Gasteiger partial charge in [0.25, 0.3) is 5.91 Å². The van der Waals surface area contributed by atoms with Crippen LogP contribution in [-0.2, 0) is 11.3 Å². The topological polar surface area (TPSA) is 66.5 Å². The van der Waals surface area contributed by atoms with Crippen molar-refractivity contribution in [1.29, 1.82) is 5.26 Å². The molecule has 0 saturated heterocycles. The Kier molecular flexibility index (Phi) is 5.81. The van der Waals surface area contributed by atoms with E-state index in [4.69, 9.17) is 14.4 Å². The first kappa shape index (κ1) is 16.6. The van der Waals surface area contributed by atoms with Gasteiger partial charge in [-0.1, -0.05) is 12.1 Å². The molecule has 1 aromatic carbocycles. The van der Waals surface area contributed by atoms with Crippen LogP contribution in [0.25, 0.3) is 0 Å². The standard InChI is InChI=1S/C18H20N2O3/c1-14-6-7-15(2)17(11-14)23-13-18(21)20(9-4-8-19)12-16-5-3-10-22-16/h3,5-7,10-11H,4,9,12-13H2,1-2H3. The summed E-state index contributed by atoms with van der Waals surface area (Å²) < 4.78 is 10.9. The van der Waals surface area contributed by atoms with Crippen molar-refractivity contribution in [2.45, 2.75) is 26.8 Å². The van der Waals surface area contributed by atoms with Crippen LogP contribution in [0.2, 0.25) is 0 Å². The smallest absolute Gasteiger partial charge is 0.260 e. The molecule has 120 valence electrons. The molecule has 0 atom stereocenters. The zero-order valence-electron chi connectivity index (χ0n) is 13.4. The average molecular weight is 312 g/mol. The minimum atomic E-state index is -0.169. The molecule has 0 aliphatic rings. The van der Waals surface area contributed by atoms with E-state index in [-0.39, 0.29) is 18.9 Å². The predicted molar refractivity (Wildman–Crippen MR) is 85.8 cm³/mol. The summed E-state index contributed by atoms with van der Waals surface area (Å²) in [6, 6.07) is 11.5. The lowest BCUT2D eigenvalue weighted by atomic mass is 10.1. The third kappa shape index (κ3) is 4.89. The number of hydrogen-bond acceptors (Lipinski definition) is 4. The normalized spacial score (nSPS) is 10.1. The van der Waals surface area contributed by atoms with Crippen molar-refractivity contribution >= 4 is 5.91 Å². The molecular formula is C18H20N2O3. The second kappa shape index (κ2) is 8.04. The Morgan fingerprint density at radius 1 is 1.35 bits per heavy atom. The third-order valence-corrected chi connectivity index (χ3v) is 3.47. The quantitative estimate of drug-likeness (QED) is 0.787. The van der Waals surface area contributed by atoms with Crippen LogP contribution in [0.1, 0.15) is 23.3 Å². The fourth-order valence-electron chi connectivity index (χ4n) is 2.16. The highest BCUT2D eigenvalue weighted by atomic mass is 16.5. The zero-order chi connectivity index (χ0) is 16.7. The summed E-state index contributed by atoms with van der Waals surface area (Å²) in [7, 11) is 0. The molecule has 1 amide bonds. The number of nitriles is 1. The molecule has 0 aliphatic heterocycles. The largest absolute Gasteiger partial charge is 0.483 e.